The van der Waals surface area contributed by atoms with Gasteiger partial charge in [0.05, 0.1) is 12.2 Å². The van der Waals surface area contributed by atoms with Gasteiger partial charge in [-0.25, -0.2) is 4.79 Å². The minimum Gasteiger partial charge on any atom is -0.462 e. The summed E-state index contributed by atoms with van der Waals surface area (Å²) in [6.45, 7) is 7.92. The minimum atomic E-state index is -0.594. The Bertz CT molecular complexity index is 735. The maximum absolute atomic E-state index is 12.8. The lowest BCUT2D eigenvalue weighted by atomic mass is 9.85. The molecule has 2 rings (SSSR count). The highest BCUT2D eigenvalue weighted by atomic mass is 32.1. The molecule has 4 nitrogen and oxygen atoms in total. The number of hydrogen-bond acceptors (Lipinski definition) is 4. The number of amides is 1. The highest BCUT2D eigenvalue weighted by Gasteiger charge is 2.30. The highest BCUT2D eigenvalue weighted by Crippen LogP contribution is 2.32. The van der Waals surface area contributed by atoms with Crippen molar-refractivity contribution in [2.75, 3.05) is 11.9 Å². The number of anilines is 1. The fourth-order valence-electron chi connectivity index (χ4n) is 2.53. The largest absolute Gasteiger partial charge is 0.462 e. The lowest BCUT2D eigenvalue weighted by Gasteiger charge is -2.23. The van der Waals surface area contributed by atoms with Crippen LogP contribution in [-0.2, 0) is 22.4 Å². The number of esters is 1. The number of hydrogen-bond donors (Lipinski definition) is 1. The zero-order valence-electron chi connectivity index (χ0n) is 15.2. The molecule has 1 aromatic heterocycles. The van der Waals surface area contributed by atoms with Crippen LogP contribution in [0.4, 0.5) is 5.00 Å². The predicted molar refractivity (Wildman–Crippen MR) is 102 cm³/mol. The molecule has 0 unspecified atom stereocenters. The van der Waals surface area contributed by atoms with E-state index in [4.69, 9.17) is 4.74 Å². The van der Waals surface area contributed by atoms with Gasteiger partial charge >= 0.3 is 5.97 Å². The monoisotopic (exact) mass is 359 g/mol. The summed E-state index contributed by atoms with van der Waals surface area (Å²) < 4.78 is 5.11. The van der Waals surface area contributed by atoms with E-state index in [2.05, 4.69) is 5.32 Å². The van der Waals surface area contributed by atoms with Gasteiger partial charge in [-0.1, -0.05) is 51.1 Å². The topological polar surface area (TPSA) is 55.4 Å². The Kier molecular flexibility index (Phi) is 6.37. The zero-order chi connectivity index (χ0) is 18.4. The zero-order valence-corrected chi connectivity index (χ0v) is 16.0. The minimum absolute atomic E-state index is 0.105. The smallest absolute Gasteiger partial charge is 0.341 e. The number of carbonyl (C=O) groups excluding carboxylic acids is 2. The molecular weight excluding hydrogens is 334 g/mol. The van der Waals surface area contributed by atoms with Crippen LogP contribution in [0.5, 0.6) is 0 Å². The Balaban J connectivity index is 2.18. The number of carbonyl (C=O) groups is 2. The molecule has 0 atom stereocenters. The maximum atomic E-state index is 12.8. The fourth-order valence-corrected chi connectivity index (χ4v) is 3.51. The van der Waals surface area contributed by atoms with E-state index in [1.807, 2.05) is 57.2 Å². The van der Waals surface area contributed by atoms with Crippen LogP contribution in [0.15, 0.2) is 36.4 Å². The molecule has 0 aliphatic carbocycles. The second-order valence-corrected chi connectivity index (χ2v) is 7.67. The van der Waals surface area contributed by atoms with E-state index in [-0.39, 0.29) is 5.91 Å². The van der Waals surface area contributed by atoms with Crippen LogP contribution in [0.1, 0.15) is 48.5 Å². The van der Waals surface area contributed by atoms with Crippen LogP contribution in [0, 0.1) is 5.41 Å². The van der Waals surface area contributed by atoms with Gasteiger partial charge in [-0.05, 0) is 31.4 Å². The Morgan fingerprint density at radius 2 is 1.84 bits per heavy atom. The van der Waals surface area contributed by atoms with Crippen molar-refractivity contribution < 1.29 is 14.3 Å². The Morgan fingerprint density at radius 3 is 2.44 bits per heavy atom. The molecule has 1 aromatic carbocycles. The van der Waals surface area contributed by atoms with E-state index in [0.717, 1.165) is 16.9 Å². The van der Waals surface area contributed by atoms with Crippen LogP contribution < -0.4 is 5.32 Å². The summed E-state index contributed by atoms with van der Waals surface area (Å²) in [4.78, 5) is 26.0. The van der Waals surface area contributed by atoms with E-state index in [9.17, 15) is 9.59 Å². The molecule has 0 radical (unpaired) electrons. The molecule has 1 N–H and O–H groups in total. The summed E-state index contributed by atoms with van der Waals surface area (Å²) in [6.07, 6.45) is 1.43. The molecule has 1 heterocycles. The van der Waals surface area contributed by atoms with Gasteiger partial charge in [0.2, 0.25) is 5.91 Å². The molecule has 0 bridgehead atoms. The normalized spacial score (nSPS) is 11.2. The summed E-state index contributed by atoms with van der Waals surface area (Å²) in [5, 5.41) is 3.51. The van der Waals surface area contributed by atoms with Crippen molar-refractivity contribution in [1.29, 1.82) is 0 Å². The average molecular weight is 359 g/mol. The van der Waals surface area contributed by atoms with Crippen LogP contribution in [0.25, 0.3) is 0 Å². The molecule has 0 saturated carbocycles. The maximum Gasteiger partial charge on any atom is 0.341 e. The van der Waals surface area contributed by atoms with Crippen molar-refractivity contribution >= 4 is 28.2 Å². The molecule has 0 fully saturated rings. The van der Waals surface area contributed by atoms with Gasteiger partial charge in [-0.2, -0.15) is 0 Å². The number of aryl methyl sites for hydroxylation is 1. The van der Waals surface area contributed by atoms with E-state index in [1.54, 1.807) is 6.92 Å². The second-order valence-electron chi connectivity index (χ2n) is 6.53. The van der Waals surface area contributed by atoms with Crippen LogP contribution in [0.3, 0.4) is 0 Å². The lowest BCUT2D eigenvalue weighted by molar-refractivity contribution is -0.123. The number of nitrogens with one attached hydrogen (secondary N) is 1. The van der Waals surface area contributed by atoms with Gasteiger partial charge in [0.1, 0.15) is 5.00 Å². The first-order valence-electron chi connectivity index (χ1n) is 8.52. The lowest BCUT2D eigenvalue weighted by Crippen LogP contribution is -2.33. The SMILES string of the molecule is CCOC(=O)c1cc(CC)sc1NC(=O)C(C)(C)Cc1ccccc1. The Labute approximate surface area is 153 Å². The molecule has 1 amide bonds. The summed E-state index contributed by atoms with van der Waals surface area (Å²) in [6, 6.07) is 11.7. The van der Waals surface area contributed by atoms with Crippen molar-refractivity contribution in [3.63, 3.8) is 0 Å². The number of ether oxygens (including phenoxy) is 1. The average Bonchev–Trinajstić information content (AvgIpc) is 2.98. The fraction of sp³-hybridized carbons (Fsp3) is 0.400. The summed E-state index contributed by atoms with van der Waals surface area (Å²) in [5.74, 6) is -0.499. The van der Waals surface area contributed by atoms with Gasteiger partial charge < -0.3 is 10.1 Å². The third-order valence-corrected chi connectivity index (χ3v) is 5.15. The predicted octanol–water partition coefficient (Wildman–Crippen LogP) is 4.69. The van der Waals surface area contributed by atoms with E-state index in [0.29, 0.717) is 23.6 Å². The van der Waals surface area contributed by atoms with Crippen molar-refractivity contribution in [1.82, 2.24) is 0 Å². The van der Waals surface area contributed by atoms with Crippen LogP contribution in [-0.4, -0.2) is 18.5 Å². The number of benzene rings is 1. The summed E-state index contributed by atoms with van der Waals surface area (Å²) >= 11 is 1.43. The van der Waals surface area contributed by atoms with Gasteiger partial charge in [0.25, 0.3) is 0 Å². The molecule has 134 valence electrons. The molecular formula is C20H25NO3S. The van der Waals surface area contributed by atoms with E-state index >= 15 is 0 Å². The molecule has 0 spiro atoms. The van der Waals surface area contributed by atoms with Crippen LogP contribution >= 0.6 is 11.3 Å². The Morgan fingerprint density at radius 1 is 1.16 bits per heavy atom. The van der Waals surface area contributed by atoms with Gasteiger partial charge in [0.15, 0.2) is 0 Å². The molecule has 0 aliphatic heterocycles. The van der Waals surface area contributed by atoms with Gasteiger partial charge in [-0.3, -0.25) is 4.79 Å². The standard InChI is InChI=1S/C20H25NO3S/c1-5-15-12-16(18(22)24-6-2)17(25-15)21-19(23)20(3,4)13-14-10-8-7-9-11-14/h7-12H,5-6,13H2,1-4H3,(H,21,23). The van der Waals surface area contributed by atoms with Crippen molar-refractivity contribution in [3.05, 3.63) is 52.4 Å². The quantitative estimate of drug-likeness (QED) is 0.729. The first kappa shape index (κ1) is 19.2. The first-order valence-corrected chi connectivity index (χ1v) is 9.34. The molecule has 0 aliphatic rings. The third-order valence-electron chi connectivity index (χ3n) is 3.96. The Hall–Kier alpha value is -2.14. The van der Waals surface area contributed by atoms with Crippen LogP contribution in [0.2, 0.25) is 0 Å². The molecule has 0 saturated heterocycles. The van der Waals surface area contributed by atoms with Crippen molar-refractivity contribution in [2.45, 2.75) is 40.5 Å². The van der Waals surface area contributed by atoms with E-state index in [1.165, 1.54) is 11.3 Å². The van der Waals surface area contributed by atoms with Crippen molar-refractivity contribution in [3.8, 4) is 0 Å². The van der Waals surface area contributed by atoms with Gasteiger partial charge in [-0.15, -0.1) is 11.3 Å². The number of thiophene rings is 1. The molecule has 5 heteroatoms. The van der Waals surface area contributed by atoms with Gasteiger partial charge in [0, 0.05) is 10.3 Å². The second kappa shape index (κ2) is 8.30. The summed E-state index contributed by atoms with van der Waals surface area (Å²) in [7, 11) is 0. The summed E-state index contributed by atoms with van der Waals surface area (Å²) in [5.41, 5.74) is 0.949. The third kappa shape index (κ3) is 4.92. The molecule has 2 aromatic rings. The van der Waals surface area contributed by atoms with E-state index < -0.39 is 11.4 Å². The van der Waals surface area contributed by atoms with Crippen molar-refractivity contribution in [2.24, 2.45) is 5.41 Å². The molecule has 25 heavy (non-hydrogen) atoms. The number of rotatable bonds is 7. The first-order chi connectivity index (χ1) is 11.9. The highest BCUT2D eigenvalue weighted by molar-refractivity contribution is 7.16.